The number of benzene rings is 3. The van der Waals surface area contributed by atoms with Gasteiger partial charge in [0.2, 0.25) is 11.8 Å². The van der Waals surface area contributed by atoms with Crippen LogP contribution in [0.15, 0.2) is 79.1 Å². The number of hydrogen-bond donors (Lipinski definition) is 4. The third-order valence-corrected chi connectivity index (χ3v) is 7.22. The van der Waals surface area contributed by atoms with Gasteiger partial charge in [-0.1, -0.05) is 60.7 Å². The molecule has 0 saturated carbocycles. The lowest BCUT2D eigenvalue weighted by Crippen LogP contribution is -2.32. The first-order chi connectivity index (χ1) is 20.0. The summed E-state index contributed by atoms with van der Waals surface area (Å²) in [6.45, 7) is 0.963. The Morgan fingerprint density at radius 2 is 1.61 bits per heavy atom. The maximum absolute atomic E-state index is 12.1. The monoisotopic (exact) mass is 558 g/mol. The molecule has 1 fully saturated rings. The SMILES string of the molecule is O=C(CCCC(=O)NCc1ccc([C@@H]2O[C@H](Cn3cnc4ccccc43)C[C@H](c3ccc(CO)cc3)O2)cc1)NO. The standard InChI is InChI=1S/C31H34N4O6/c36-19-22-10-12-23(13-11-22)28-16-25(18-35-20-33-26-4-1-2-5-27(26)35)40-31(41-28)24-14-8-21(9-15-24)17-32-29(37)6-3-7-30(38)34-39/h1-2,4-5,8-15,20,25,28,31,36,39H,3,6-7,16-19H2,(H,32,37)(H,34,38)/t25-,28+,31+/m0/s1. The Labute approximate surface area is 237 Å². The third kappa shape index (κ3) is 7.36. The molecule has 10 heteroatoms. The van der Waals surface area contributed by atoms with Gasteiger partial charge in [0.25, 0.3) is 0 Å². The molecule has 0 spiro atoms. The molecule has 0 unspecified atom stereocenters. The molecule has 0 aliphatic carbocycles. The van der Waals surface area contributed by atoms with Gasteiger partial charge in [-0.3, -0.25) is 14.8 Å². The van der Waals surface area contributed by atoms with Gasteiger partial charge in [-0.2, -0.15) is 0 Å². The van der Waals surface area contributed by atoms with Gasteiger partial charge in [0, 0.05) is 31.4 Å². The summed E-state index contributed by atoms with van der Waals surface area (Å²) in [6, 6.07) is 23.6. The van der Waals surface area contributed by atoms with E-state index in [0.717, 1.165) is 33.3 Å². The number of para-hydroxylation sites is 2. The van der Waals surface area contributed by atoms with E-state index in [-0.39, 0.29) is 37.6 Å². The number of hydroxylamine groups is 1. The first kappa shape index (κ1) is 28.4. The van der Waals surface area contributed by atoms with Crippen LogP contribution >= 0.6 is 0 Å². The van der Waals surface area contributed by atoms with Crippen LogP contribution in [0.1, 0.15) is 60.3 Å². The fourth-order valence-electron chi connectivity index (χ4n) is 4.96. The van der Waals surface area contributed by atoms with E-state index in [9.17, 15) is 14.7 Å². The Morgan fingerprint density at radius 3 is 2.37 bits per heavy atom. The summed E-state index contributed by atoms with van der Waals surface area (Å²) in [5.41, 5.74) is 7.20. The number of nitrogens with one attached hydrogen (secondary N) is 2. The molecule has 1 saturated heterocycles. The number of aromatic nitrogens is 2. The average Bonchev–Trinajstić information content (AvgIpc) is 3.42. The molecule has 1 aliphatic heterocycles. The Bertz CT molecular complexity index is 1450. The lowest BCUT2D eigenvalue weighted by Gasteiger charge is -2.36. The highest BCUT2D eigenvalue weighted by Gasteiger charge is 2.32. The summed E-state index contributed by atoms with van der Waals surface area (Å²) < 4.78 is 15.0. The lowest BCUT2D eigenvalue weighted by molar-refractivity contribution is -0.252. The van der Waals surface area contributed by atoms with E-state index < -0.39 is 12.2 Å². The normalized spacial score (nSPS) is 18.7. The summed E-state index contributed by atoms with van der Waals surface area (Å²) in [4.78, 5) is 27.7. The number of aliphatic hydroxyl groups is 1. The van der Waals surface area contributed by atoms with Gasteiger partial charge in [0.05, 0.1) is 42.7 Å². The van der Waals surface area contributed by atoms with Crippen LogP contribution in [0, 0.1) is 0 Å². The number of carbonyl (C=O) groups excluding carboxylic acids is 2. The first-order valence-corrected chi connectivity index (χ1v) is 13.7. The van der Waals surface area contributed by atoms with Crippen molar-refractivity contribution in [1.29, 1.82) is 0 Å². The van der Waals surface area contributed by atoms with Gasteiger partial charge in [0.1, 0.15) is 0 Å². The zero-order valence-electron chi connectivity index (χ0n) is 22.6. The summed E-state index contributed by atoms with van der Waals surface area (Å²) in [5, 5.41) is 20.8. The largest absolute Gasteiger partial charge is 0.392 e. The number of hydrogen-bond acceptors (Lipinski definition) is 7. The highest BCUT2D eigenvalue weighted by atomic mass is 16.7. The van der Waals surface area contributed by atoms with E-state index in [1.807, 2.05) is 79.1 Å². The van der Waals surface area contributed by atoms with Crippen LogP contribution in [0.3, 0.4) is 0 Å². The molecule has 2 heterocycles. The molecule has 41 heavy (non-hydrogen) atoms. The molecule has 2 amide bonds. The molecule has 0 radical (unpaired) electrons. The maximum Gasteiger partial charge on any atom is 0.243 e. The maximum atomic E-state index is 12.1. The van der Waals surface area contributed by atoms with Crippen molar-refractivity contribution < 1.29 is 29.4 Å². The third-order valence-electron chi connectivity index (χ3n) is 7.22. The highest BCUT2D eigenvalue weighted by molar-refractivity contribution is 5.78. The summed E-state index contributed by atoms with van der Waals surface area (Å²) in [6.07, 6.45) is 2.21. The Hall–Kier alpha value is -4.09. The molecular formula is C31H34N4O6. The van der Waals surface area contributed by atoms with Crippen LogP contribution in [0.25, 0.3) is 11.0 Å². The summed E-state index contributed by atoms with van der Waals surface area (Å²) in [5.74, 6) is -0.672. The quantitative estimate of drug-likeness (QED) is 0.161. The second-order valence-electron chi connectivity index (χ2n) is 10.1. The molecule has 3 aromatic carbocycles. The van der Waals surface area contributed by atoms with Crippen LogP contribution in [0.5, 0.6) is 0 Å². The second kappa shape index (κ2) is 13.5. The fraction of sp³-hybridized carbons (Fsp3) is 0.323. The van der Waals surface area contributed by atoms with E-state index in [0.29, 0.717) is 25.9 Å². The zero-order valence-corrected chi connectivity index (χ0v) is 22.6. The van der Waals surface area contributed by atoms with Crippen molar-refractivity contribution in [2.75, 3.05) is 0 Å². The van der Waals surface area contributed by atoms with Gasteiger partial charge in [-0.15, -0.1) is 0 Å². The van der Waals surface area contributed by atoms with E-state index in [1.165, 1.54) is 0 Å². The van der Waals surface area contributed by atoms with Crippen LogP contribution in [0.4, 0.5) is 0 Å². The van der Waals surface area contributed by atoms with Gasteiger partial charge in [-0.25, -0.2) is 10.5 Å². The summed E-state index contributed by atoms with van der Waals surface area (Å²) >= 11 is 0. The van der Waals surface area contributed by atoms with E-state index in [4.69, 9.17) is 14.7 Å². The van der Waals surface area contributed by atoms with Crippen molar-refractivity contribution in [3.63, 3.8) is 0 Å². The van der Waals surface area contributed by atoms with Crippen LogP contribution < -0.4 is 10.8 Å². The smallest absolute Gasteiger partial charge is 0.243 e. The van der Waals surface area contributed by atoms with Crippen LogP contribution in [0.2, 0.25) is 0 Å². The Balaban J connectivity index is 1.26. The first-order valence-electron chi connectivity index (χ1n) is 13.7. The van der Waals surface area contributed by atoms with Crippen molar-refractivity contribution in [1.82, 2.24) is 20.3 Å². The zero-order chi connectivity index (χ0) is 28.6. The fourth-order valence-corrected chi connectivity index (χ4v) is 4.96. The second-order valence-corrected chi connectivity index (χ2v) is 10.1. The van der Waals surface area contributed by atoms with Crippen LogP contribution in [-0.4, -0.2) is 37.8 Å². The predicted molar refractivity (Wildman–Crippen MR) is 150 cm³/mol. The number of aliphatic hydroxyl groups excluding tert-OH is 1. The minimum atomic E-state index is -0.590. The summed E-state index contributed by atoms with van der Waals surface area (Å²) in [7, 11) is 0. The van der Waals surface area contributed by atoms with Crippen molar-refractivity contribution >= 4 is 22.8 Å². The predicted octanol–water partition coefficient (Wildman–Crippen LogP) is 4.07. The molecule has 3 atom stereocenters. The molecule has 5 rings (SSSR count). The van der Waals surface area contributed by atoms with Crippen molar-refractivity contribution in [2.24, 2.45) is 0 Å². The number of fused-ring (bicyclic) bond motifs is 1. The number of carbonyl (C=O) groups is 2. The molecular weight excluding hydrogens is 524 g/mol. The minimum absolute atomic E-state index is 0.0124. The van der Waals surface area contributed by atoms with Crippen LogP contribution in [-0.2, 0) is 38.8 Å². The molecule has 4 N–H and O–H groups in total. The van der Waals surface area contributed by atoms with Gasteiger partial charge in [-0.05, 0) is 35.2 Å². The van der Waals surface area contributed by atoms with Gasteiger partial charge < -0.3 is 24.5 Å². The molecule has 0 bridgehead atoms. The van der Waals surface area contributed by atoms with Gasteiger partial charge >= 0.3 is 0 Å². The Kier molecular flexibility index (Phi) is 9.37. The van der Waals surface area contributed by atoms with E-state index in [1.54, 1.807) is 5.48 Å². The van der Waals surface area contributed by atoms with Crippen molar-refractivity contribution in [2.45, 2.75) is 63.9 Å². The number of amides is 2. The average molecular weight is 559 g/mol. The number of rotatable bonds is 11. The molecule has 4 aromatic rings. The molecule has 1 aromatic heterocycles. The minimum Gasteiger partial charge on any atom is -0.392 e. The highest BCUT2D eigenvalue weighted by Crippen LogP contribution is 2.38. The number of ether oxygens (including phenoxy) is 2. The lowest BCUT2D eigenvalue weighted by atomic mass is 9.99. The van der Waals surface area contributed by atoms with E-state index in [2.05, 4.69) is 14.9 Å². The molecule has 1 aliphatic rings. The van der Waals surface area contributed by atoms with Gasteiger partial charge in [0.15, 0.2) is 6.29 Å². The Morgan fingerprint density at radius 1 is 0.902 bits per heavy atom. The van der Waals surface area contributed by atoms with Crippen molar-refractivity contribution in [3.05, 3.63) is 101 Å². The molecule has 10 nitrogen and oxygen atoms in total. The number of imidazole rings is 1. The topological polar surface area (TPSA) is 135 Å². The number of nitrogens with zero attached hydrogens (tertiary/aromatic N) is 2. The van der Waals surface area contributed by atoms with E-state index >= 15 is 0 Å². The van der Waals surface area contributed by atoms with Crippen molar-refractivity contribution in [3.8, 4) is 0 Å². The molecule has 214 valence electrons.